The minimum Gasteiger partial charge on any atom is -0.483 e. The minimum absolute atomic E-state index is 0.00972. The number of aliphatic hydroxyl groups excluding tert-OH is 1. The molecule has 0 bridgehead atoms. The third kappa shape index (κ3) is 10.3. The second kappa shape index (κ2) is 18.8. The number of nitrogens with one attached hydrogen (secondary N) is 2. The SMILES string of the molecule is CNC(=O)C(CCC=O)N1C(=O)c2cccc(OCC(=O)NCCOCCOCCOCCOCCO)c2C1=O. The number of likely N-dealkylation sites (N-methyl/N-ethyl adjacent to an activating group) is 1. The normalized spacial score (nSPS) is 13.2. The van der Waals surface area contributed by atoms with Crippen molar-refractivity contribution < 1.29 is 52.8 Å². The van der Waals surface area contributed by atoms with Gasteiger partial charge in [0.15, 0.2) is 6.61 Å². The van der Waals surface area contributed by atoms with E-state index in [1.54, 1.807) is 0 Å². The smallest absolute Gasteiger partial charge is 0.266 e. The van der Waals surface area contributed by atoms with Crippen molar-refractivity contribution in [3.05, 3.63) is 29.3 Å². The molecule has 14 heteroatoms. The molecule has 1 atom stereocenters. The molecule has 2 rings (SSSR count). The van der Waals surface area contributed by atoms with Crippen LogP contribution in [0.4, 0.5) is 0 Å². The van der Waals surface area contributed by atoms with Crippen LogP contribution in [0, 0.1) is 0 Å². The highest BCUT2D eigenvalue weighted by Crippen LogP contribution is 2.33. The highest BCUT2D eigenvalue weighted by molar-refractivity contribution is 6.24. The second-order valence-corrected chi connectivity index (χ2v) is 8.34. The van der Waals surface area contributed by atoms with Crippen molar-refractivity contribution >= 4 is 29.9 Å². The van der Waals surface area contributed by atoms with Gasteiger partial charge >= 0.3 is 0 Å². The number of hydrogen-bond donors (Lipinski definition) is 3. The Morgan fingerprint density at radius 3 is 2.17 bits per heavy atom. The largest absolute Gasteiger partial charge is 0.483 e. The third-order valence-electron chi connectivity index (χ3n) is 5.61. The maximum absolute atomic E-state index is 13.1. The molecule has 0 spiro atoms. The summed E-state index contributed by atoms with van der Waals surface area (Å²) in [6, 6.07) is 3.25. The lowest BCUT2D eigenvalue weighted by atomic mass is 10.1. The fourth-order valence-corrected chi connectivity index (χ4v) is 3.73. The molecule has 1 unspecified atom stereocenters. The number of carbonyl (C=O) groups is 5. The van der Waals surface area contributed by atoms with Gasteiger partial charge in [-0.05, 0) is 18.6 Å². The number of aldehydes is 1. The Kier molecular flexibility index (Phi) is 15.4. The van der Waals surface area contributed by atoms with E-state index in [1.165, 1.54) is 25.2 Å². The van der Waals surface area contributed by atoms with Gasteiger partial charge in [-0.3, -0.25) is 24.1 Å². The summed E-state index contributed by atoms with van der Waals surface area (Å²) in [5, 5.41) is 13.6. The molecule has 0 radical (unpaired) electrons. The number of rotatable bonds is 22. The first kappa shape index (κ1) is 32.8. The summed E-state index contributed by atoms with van der Waals surface area (Å²) in [5.41, 5.74) is 0.0150. The Hall–Kier alpha value is -3.43. The lowest BCUT2D eigenvalue weighted by Crippen LogP contribution is -2.48. The number of amides is 4. The summed E-state index contributed by atoms with van der Waals surface area (Å²) in [7, 11) is 1.37. The van der Waals surface area contributed by atoms with E-state index in [-0.39, 0.29) is 56.1 Å². The van der Waals surface area contributed by atoms with E-state index in [9.17, 15) is 24.0 Å². The molecule has 1 aromatic rings. The average molecular weight is 568 g/mol. The summed E-state index contributed by atoms with van der Waals surface area (Å²) >= 11 is 0. The van der Waals surface area contributed by atoms with Crippen LogP contribution in [0.15, 0.2) is 18.2 Å². The molecule has 222 valence electrons. The highest BCUT2D eigenvalue weighted by Gasteiger charge is 2.44. The van der Waals surface area contributed by atoms with Crippen molar-refractivity contribution in [2.75, 3.05) is 79.7 Å². The summed E-state index contributed by atoms with van der Waals surface area (Å²) in [5.74, 6) is -2.40. The third-order valence-corrected chi connectivity index (χ3v) is 5.61. The number of aliphatic hydroxyl groups is 1. The first-order valence-corrected chi connectivity index (χ1v) is 12.9. The topological polar surface area (TPSA) is 179 Å². The summed E-state index contributed by atoms with van der Waals surface area (Å²) in [4.78, 5) is 62.3. The highest BCUT2D eigenvalue weighted by atomic mass is 16.6. The first-order valence-electron chi connectivity index (χ1n) is 12.9. The van der Waals surface area contributed by atoms with Gasteiger partial charge in [0.1, 0.15) is 18.1 Å². The van der Waals surface area contributed by atoms with Crippen LogP contribution in [-0.2, 0) is 33.3 Å². The number of benzene rings is 1. The summed E-state index contributed by atoms with van der Waals surface area (Å²) in [6.45, 7) is 2.67. The van der Waals surface area contributed by atoms with Gasteiger partial charge in [-0.25, -0.2) is 0 Å². The number of hydrogen-bond acceptors (Lipinski definition) is 11. The Balaban J connectivity index is 1.70. The van der Waals surface area contributed by atoms with Gasteiger partial charge in [0.25, 0.3) is 17.7 Å². The molecule has 3 N–H and O–H groups in total. The Labute approximate surface area is 232 Å². The van der Waals surface area contributed by atoms with Gasteiger partial charge in [0, 0.05) is 20.0 Å². The molecule has 4 amide bonds. The van der Waals surface area contributed by atoms with Crippen molar-refractivity contribution in [3.63, 3.8) is 0 Å². The van der Waals surface area contributed by atoms with Crippen LogP contribution in [-0.4, -0.2) is 126 Å². The Morgan fingerprint density at radius 2 is 1.57 bits per heavy atom. The molecule has 0 aliphatic carbocycles. The van der Waals surface area contributed by atoms with Gasteiger partial charge < -0.3 is 44.2 Å². The van der Waals surface area contributed by atoms with E-state index in [0.717, 1.165) is 4.90 Å². The standard InChI is InChI=1S/C26H37N3O11/c1-27-24(33)20(5-3-8-30)29-25(34)19-4-2-6-21(23(19)26(29)35)40-18-22(32)28-7-10-36-12-14-38-16-17-39-15-13-37-11-9-31/h2,4,6,8,20,31H,3,5,7,9-18H2,1H3,(H,27,33)(H,28,32). The maximum Gasteiger partial charge on any atom is 0.266 e. The van der Waals surface area contributed by atoms with E-state index >= 15 is 0 Å². The molecular formula is C26H37N3O11. The molecule has 0 aromatic heterocycles. The predicted molar refractivity (Wildman–Crippen MR) is 139 cm³/mol. The zero-order valence-corrected chi connectivity index (χ0v) is 22.6. The average Bonchev–Trinajstić information content (AvgIpc) is 3.22. The predicted octanol–water partition coefficient (Wildman–Crippen LogP) is -1.07. The number of nitrogens with zero attached hydrogens (tertiary/aromatic N) is 1. The van der Waals surface area contributed by atoms with Crippen molar-refractivity contribution in [2.45, 2.75) is 18.9 Å². The lowest BCUT2D eigenvalue weighted by Gasteiger charge is -2.24. The van der Waals surface area contributed by atoms with Crippen molar-refractivity contribution in [2.24, 2.45) is 0 Å². The second-order valence-electron chi connectivity index (χ2n) is 8.34. The minimum atomic E-state index is -1.15. The number of ether oxygens (including phenoxy) is 5. The van der Waals surface area contributed by atoms with Crippen LogP contribution in [0.5, 0.6) is 5.75 Å². The zero-order valence-electron chi connectivity index (χ0n) is 22.6. The lowest BCUT2D eigenvalue weighted by molar-refractivity contribution is -0.125. The maximum atomic E-state index is 13.1. The number of imide groups is 1. The van der Waals surface area contributed by atoms with E-state index in [2.05, 4.69) is 10.6 Å². The molecule has 1 aliphatic heterocycles. The van der Waals surface area contributed by atoms with Crippen molar-refractivity contribution in [3.8, 4) is 5.75 Å². The van der Waals surface area contributed by atoms with Gasteiger partial charge in [0.2, 0.25) is 5.91 Å². The molecular weight excluding hydrogens is 530 g/mol. The van der Waals surface area contributed by atoms with Gasteiger partial charge in [0.05, 0.1) is 70.6 Å². The molecule has 0 fully saturated rings. The van der Waals surface area contributed by atoms with E-state index in [4.69, 9.17) is 28.8 Å². The molecule has 14 nitrogen and oxygen atoms in total. The molecule has 1 aromatic carbocycles. The first-order chi connectivity index (χ1) is 19.5. The van der Waals surface area contributed by atoms with Crippen LogP contribution >= 0.6 is 0 Å². The number of fused-ring (bicyclic) bond motifs is 1. The quantitative estimate of drug-likeness (QED) is 0.0882. The molecule has 1 heterocycles. The number of carbonyl (C=O) groups excluding carboxylic acids is 5. The molecule has 0 saturated carbocycles. The van der Waals surface area contributed by atoms with Crippen LogP contribution in [0.1, 0.15) is 33.6 Å². The van der Waals surface area contributed by atoms with Crippen molar-refractivity contribution in [1.82, 2.24) is 15.5 Å². The van der Waals surface area contributed by atoms with Gasteiger partial charge in [-0.2, -0.15) is 0 Å². The van der Waals surface area contributed by atoms with Crippen LogP contribution in [0.2, 0.25) is 0 Å². The molecule has 0 saturated heterocycles. The summed E-state index contributed by atoms with van der Waals surface area (Å²) < 4.78 is 26.6. The summed E-state index contributed by atoms with van der Waals surface area (Å²) in [6.07, 6.45) is 0.584. The van der Waals surface area contributed by atoms with Crippen molar-refractivity contribution in [1.29, 1.82) is 0 Å². The van der Waals surface area contributed by atoms with Gasteiger partial charge in [-0.1, -0.05) is 6.07 Å². The van der Waals surface area contributed by atoms with E-state index in [1.807, 2.05) is 0 Å². The van der Waals surface area contributed by atoms with E-state index in [0.29, 0.717) is 45.9 Å². The van der Waals surface area contributed by atoms with E-state index < -0.39 is 36.3 Å². The Morgan fingerprint density at radius 1 is 0.950 bits per heavy atom. The molecule has 1 aliphatic rings. The monoisotopic (exact) mass is 567 g/mol. The zero-order chi connectivity index (χ0) is 29.2. The van der Waals surface area contributed by atoms with Crippen LogP contribution in [0.3, 0.4) is 0 Å². The molecule has 40 heavy (non-hydrogen) atoms. The fraction of sp³-hybridized carbons (Fsp3) is 0.577. The van der Waals surface area contributed by atoms with Gasteiger partial charge in [-0.15, -0.1) is 0 Å². The van der Waals surface area contributed by atoms with Crippen LogP contribution in [0.25, 0.3) is 0 Å². The van der Waals surface area contributed by atoms with Crippen LogP contribution < -0.4 is 15.4 Å². The Bertz CT molecular complexity index is 989. The fourth-order valence-electron chi connectivity index (χ4n) is 3.73.